The number of aromatic nitrogens is 3. The molecule has 154 valence electrons. The van der Waals surface area contributed by atoms with Gasteiger partial charge in [0.15, 0.2) is 0 Å². The summed E-state index contributed by atoms with van der Waals surface area (Å²) < 4.78 is 1.24. The second kappa shape index (κ2) is 8.03. The molecular weight excluding hydrogens is 384 g/mol. The van der Waals surface area contributed by atoms with Crippen molar-refractivity contribution in [3.63, 3.8) is 0 Å². The number of carbonyl (C=O) groups is 2. The summed E-state index contributed by atoms with van der Waals surface area (Å²) >= 11 is 0. The molecular formula is C21H22N6O3. The number of anilines is 2. The molecule has 30 heavy (non-hydrogen) atoms. The van der Waals surface area contributed by atoms with E-state index in [2.05, 4.69) is 15.6 Å². The zero-order valence-corrected chi connectivity index (χ0v) is 16.8. The van der Waals surface area contributed by atoms with Crippen LogP contribution in [0.5, 0.6) is 0 Å². The molecule has 0 spiro atoms. The fourth-order valence-corrected chi connectivity index (χ4v) is 3.67. The SMILES string of the molecule is C[C@@H]1CC(=O)Nc2ccccc2N1C(=O)CN(C)Cn1nnc2ccccc2c1=O. The third-order valence-corrected chi connectivity index (χ3v) is 5.04. The summed E-state index contributed by atoms with van der Waals surface area (Å²) in [6.07, 6.45) is 0.208. The van der Waals surface area contributed by atoms with Crippen LogP contribution in [-0.4, -0.2) is 51.3 Å². The van der Waals surface area contributed by atoms with Crippen molar-refractivity contribution in [2.75, 3.05) is 23.8 Å². The highest BCUT2D eigenvalue weighted by molar-refractivity contribution is 6.04. The molecule has 2 amide bonds. The number of fused-ring (bicyclic) bond motifs is 2. The molecule has 1 aliphatic heterocycles. The third kappa shape index (κ3) is 3.79. The third-order valence-electron chi connectivity index (χ3n) is 5.04. The summed E-state index contributed by atoms with van der Waals surface area (Å²) in [6, 6.07) is 13.9. The Kier molecular flexibility index (Phi) is 5.28. The lowest BCUT2D eigenvalue weighted by atomic mass is 10.1. The van der Waals surface area contributed by atoms with Gasteiger partial charge in [0.25, 0.3) is 5.56 Å². The normalized spacial score (nSPS) is 16.3. The van der Waals surface area contributed by atoms with Crippen LogP contribution in [0, 0.1) is 0 Å². The summed E-state index contributed by atoms with van der Waals surface area (Å²) in [5, 5.41) is 11.4. The Hall–Kier alpha value is -3.59. The number of nitrogens with one attached hydrogen (secondary N) is 1. The Bertz CT molecular complexity index is 1170. The maximum Gasteiger partial charge on any atom is 0.278 e. The zero-order valence-electron chi connectivity index (χ0n) is 16.8. The Morgan fingerprint density at radius 2 is 1.90 bits per heavy atom. The minimum atomic E-state index is -0.294. The number of hydrogen-bond donors (Lipinski definition) is 1. The van der Waals surface area contributed by atoms with E-state index in [1.165, 1.54) is 4.68 Å². The highest BCUT2D eigenvalue weighted by atomic mass is 16.2. The number of benzene rings is 2. The van der Waals surface area contributed by atoms with Crippen LogP contribution in [0.4, 0.5) is 11.4 Å². The fraction of sp³-hybridized carbons (Fsp3) is 0.286. The summed E-state index contributed by atoms with van der Waals surface area (Å²) in [5.41, 5.74) is 1.55. The van der Waals surface area contributed by atoms with Gasteiger partial charge >= 0.3 is 0 Å². The Balaban J connectivity index is 1.54. The molecule has 1 aliphatic rings. The molecule has 1 N–H and O–H groups in total. The molecule has 9 heteroatoms. The lowest BCUT2D eigenvalue weighted by Gasteiger charge is -2.29. The Morgan fingerprint density at radius 1 is 1.17 bits per heavy atom. The van der Waals surface area contributed by atoms with Gasteiger partial charge in [-0.3, -0.25) is 19.3 Å². The van der Waals surface area contributed by atoms with Crippen LogP contribution in [0.3, 0.4) is 0 Å². The first-order valence-electron chi connectivity index (χ1n) is 9.66. The van der Waals surface area contributed by atoms with Crippen LogP contribution >= 0.6 is 0 Å². The quantitative estimate of drug-likeness (QED) is 0.704. The van der Waals surface area contributed by atoms with Crippen LogP contribution in [-0.2, 0) is 16.3 Å². The van der Waals surface area contributed by atoms with Gasteiger partial charge in [-0.1, -0.05) is 29.5 Å². The van der Waals surface area contributed by atoms with Gasteiger partial charge in [-0.25, -0.2) is 0 Å². The predicted molar refractivity (Wildman–Crippen MR) is 113 cm³/mol. The number of likely N-dealkylation sites (N-methyl/N-ethyl adjacent to an activating group) is 1. The first kappa shape index (κ1) is 19.7. The van der Waals surface area contributed by atoms with Gasteiger partial charge in [0.05, 0.1) is 30.0 Å². The zero-order chi connectivity index (χ0) is 21.3. The van der Waals surface area contributed by atoms with E-state index in [0.29, 0.717) is 22.3 Å². The molecule has 4 rings (SSSR count). The molecule has 0 aliphatic carbocycles. The van der Waals surface area contributed by atoms with Crippen LogP contribution in [0.2, 0.25) is 0 Å². The van der Waals surface area contributed by atoms with Crippen molar-refractivity contribution in [1.29, 1.82) is 0 Å². The molecule has 1 aromatic heterocycles. The lowest BCUT2D eigenvalue weighted by molar-refractivity contribution is -0.120. The number of amides is 2. The van der Waals surface area contributed by atoms with E-state index >= 15 is 0 Å². The highest BCUT2D eigenvalue weighted by Gasteiger charge is 2.30. The minimum Gasteiger partial charge on any atom is -0.324 e. The van der Waals surface area contributed by atoms with Gasteiger partial charge in [-0.2, -0.15) is 4.68 Å². The van der Waals surface area contributed by atoms with Crippen molar-refractivity contribution >= 4 is 34.1 Å². The Morgan fingerprint density at radius 3 is 2.73 bits per heavy atom. The molecule has 1 atom stereocenters. The van der Waals surface area contributed by atoms with Crippen molar-refractivity contribution in [3.05, 3.63) is 58.9 Å². The molecule has 0 saturated carbocycles. The summed E-state index contributed by atoms with van der Waals surface area (Å²) in [7, 11) is 1.74. The van der Waals surface area contributed by atoms with Gasteiger partial charge in [0.1, 0.15) is 5.52 Å². The molecule has 2 heterocycles. The molecule has 0 bridgehead atoms. The van der Waals surface area contributed by atoms with Gasteiger partial charge in [-0.15, -0.1) is 5.10 Å². The fourth-order valence-electron chi connectivity index (χ4n) is 3.67. The lowest BCUT2D eigenvalue weighted by Crippen LogP contribution is -2.45. The van der Waals surface area contributed by atoms with E-state index in [1.807, 2.05) is 25.1 Å². The van der Waals surface area contributed by atoms with Crippen molar-refractivity contribution < 1.29 is 9.59 Å². The van der Waals surface area contributed by atoms with Gasteiger partial charge in [-0.05, 0) is 38.2 Å². The van der Waals surface area contributed by atoms with Crippen molar-refractivity contribution in [2.45, 2.75) is 26.1 Å². The molecule has 0 radical (unpaired) electrons. The van der Waals surface area contributed by atoms with Crippen LogP contribution < -0.4 is 15.8 Å². The smallest absolute Gasteiger partial charge is 0.278 e. The van der Waals surface area contributed by atoms with E-state index in [1.54, 1.807) is 47.2 Å². The summed E-state index contributed by atoms with van der Waals surface area (Å²) in [5.74, 6) is -0.299. The van der Waals surface area contributed by atoms with Gasteiger partial charge < -0.3 is 10.2 Å². The summed E-state index contributed by atoms with van der Waals surface area (Å²) in [6.45, 7) is 2.01. The van der Waals surface area contributed by atoms with Crippen molar-refractivity contribution in [2.24, 2.45) is 0 Å². The largest absolute Gasteiger partial charge is 0.324 e. The van der Waals surface area contributed by atoms with E-state index in [4.69, 9.17) is 0 Å². The number of para-hydroxylation sites is 2. The van der Waals surface area contributed by atoms with Crippen LogP contribution in [0.15, 0.2) is 53.3 Å². The minimum absolute atomic E-state index is 0.0494. The molecule has 2 aromatic carbocycles. The number of rotatable bonds is 4. The monoisotopic (exact) mass is 406 g/mol. The average molecular weight is 406 g/mol. The maximum atomic E-state index is 13.2. The first-order chi connectivity index (χ1) is 14.4. The second-order valence-electron chi connectivity index (χ2n) is 7.45. The van der Waals surface area contributed by atoms with E-state index in [9.17, 15) is 14.4 Å². The number of hydrogen-bond acceptors (Lipinski definition) is 6. The first-order valence-corrected chi connectivity index (χ1v) is 9.66. The molecule has 0 unspecified atom stereocenters. The number of nitrogens with zero attached hydrogens (tertiary/aromatic N) is 5. The predicted octanol–water partition coefficient (Wildman–Crippen LogP) is 1.44. The van der Waals surface area contributed by atoms with Crippen LogP contribution in [0.1, 0.15) is 13.3 Å². The second-order valence-corrected chi connectivity index (χ2v) is 7.45. The standard InChI is InChI=1S/C21H22N6O3/c1-14-11-19(28)22-17-9-5-6-10-18(17)27(14)20(29)12-25(2)13-26-21(30)15-7-3-4-8-16(15)23-24-26/h3-10,14H,11-13H2,1-2H3,(H,22,28)/t14-/m1/s1. The topological polar surface area (TPSA) is 100 Å². The maximum absolute atomic E-state index is 13.2. The average Bonchev–Trinajstić information content (AvgIpc) is 2.84. The summed E-state index contributed by atoms with van der Waals surface area (Å²) in [4.78, 5) is 41.2. The van der Waals surface area contributed by atoms with Gasteiger partial charge in [0.2, 0.25) is 11.8 Å². The molecule has 0 fully saturated rings. The van der Waals surface area contributed by atoms with Gasteiger partial charge in [0, 0.05) is 12.5 Å². The molecule has 3 aromatic rings. The molecule has 9 nitrogen and oxygen atoms in total. The van der Waals surface area contributed by atoms with E-state index in [-0.39, 0.29) is 43.0 Å². The number of carbonyl (C=O) groups excluding carboxylic acids is 2. The van der Waals surface area contributed by atoms with Crippen LogP contribution in [0.25, 0.3) is 10.9 Å². The van der Waals surface area contributed by atoms with Crippen molar-refractivity contribution in [1.82, 2.24) is 19.9 Å². The molecule has 0 saturated heterocycles. The highest BCUT2D eigenvalue weighted by Crippen LogP contribution is 2.31. The Labute approximate surface area is 172 Å². The van der Waals surface area contributed by atoms with E-state index in [0.717, 1.165) is 0 Å². The van der Waals surface area contributed by atoms with Crippen molar-refractivity contribution in [3.8, 4) is 0 Å². The van der Waals surface area contributed by atoms with E-state index < -0.39 is 0 Å².